The number of ketones is 2. The van der Waals surface area contributed by atoms with Gasteiger partial charge in [0.2, 0.25) is 5.78 Å². The van der Waals surface area contributed by atoms with Crippen LogP contribution in [0.2, 0.25) is 0 Å². The number of aromatic hydroxyl groups is 1. The van der Waals surface area contributed by atoms with Crippen LogP contribution in [0.5, 0.6) is 5.75 Å². The SMILES string of the molecule is CN(C)OC(=O)NCc1ccc(-c2ccc(O)c3c2CC2CC4CC(=O)C(C(N)=O)=C(O)C4(O)C(=O)C2=C3O)cc1. The number of nitrogens with two attached hydrogens (primary N) is 1. The highest BCUT2D eigenvalue weighted by Crippen LogP contribution is 2.53. The molecule has 2 aromatic carbocycles. The number of hydroxylamine groups is 2. The molecule has 214 valence electrons. The minimum absolute atomic E-state index is 0.0202. The number of primary amides is 1. The van der Waals surface area contributed by atoms with Gasteiger partial charge in [0, 0.05) is 38.6 Å². The molecule has 1 fully saturated rings. The molecule has 0 aromatic heterocycles. The lowest BCUT2D eigenvalue weighted by Gasteiger charge is -2.46. The molecular weight excluding hydrogens is 534 g/mol. The van der Waals surface area contributed by atoms with Crippen LogP contribution in [0.1, 0.15) is 29.5 Å². The fourth-order valence-corrected chi connectivity index (χ4v) is 6.07. The van der Waals surface area contributed by atoms with E-state index in [1.54, 1.807) is 32.3 Å². The maximum Gasteiger partial charge on any atom is 0.426 e. The zero-order valence-corrected chi connectivity index (χ0v) is 22.3. The molecule has 0 bridgehead atoms. The number of rotatable bonds is 5. The average Bonchev–Trinajstić information content (AvgIpc) is 2.89. The summed E-state index contributed by atoms with van der Waals surface area (Å²) in [6.07, 6.45) is -0.747. The number of carbonyl (C=O) groups is 4. The Balaban J connectivity index is 1.52. The Bertz CT molecular complexity index is 1560. The molecule has 0 spiro atoms. The standard InChI is InChI=1S/C29H29N3O9/c1-32(2)41-28(39)31-12-13-3-5-14(6-4-13)17-7-8-19(33)22-18(17)10-15-9-16-11-20(34)23(27(30)38)26(37)29(16,40)25(36)21(15)24(22)35/h3-8,15-16,33,35,37,40H,9-12H2,1-2H3,(H2,30,38)(H,31,39). The van der Waals surface area contributed by atoms with E-state index in [2.05, 4.69) is 5.32 Å². The van der Waals surface area contributed by atoms with Crippen LogP contribution in [-0.2, 0) is 32.2 Å². The summed E-state index contributed by atoms with van der Waals surface area (Å²) in [7, 11) is 3.17. The number of fused-ring (bicyclic) bond motifs is 3. The summed E-state index contributed by atoms with van der Waals surface area (Å²) >= 11 is 0. The van der Waals surface area contributed by atoms with Gasteiger partial charge in [-0.3, -0.25) is 14.4 Å². The van der Waals surface area contributed by atoms with Gasteiger partial charge in [0.15, 0.2) is 11.4 Å². The van der Waals surface area contributed by atoms with Crippen LogP contribution in [0.3, 0.4) is 0 Å². The molecule has 12 heteroatoms. The molecule has 3 aliphatic carbocycles. The molecule has 2 aromatic rings. The largest absolute Gasteiger partial charge is 0.508 e. The van der Waals surface area contributed by atoms with Crippen LogP contribution >= 0.6 is 0 Å². The number of nitrogens with one attached hydrogen (secondary N) is 1. The highest BCUT2D eigenvalue weighted by molar-refractivity contribution is 6.22. The molecular formula is C29H29N3O9. The van der Waals surface area contributed by atoms with E-state index in [1.165, 1.54) is 11.1 Å². The predicted octanol–water partition coefficient (Wildman–Crippen LogP) is 1.79. The van der Waals surface area contributed by atoms with E-state index in [0.717, 1.165) is 11.1 Å². The van der Waals surface area contributed by atoms with E-state index >= 15 is 0 Å². The zero-order chi connectivity index (χ0) is 29.8. The average molecular weight is 564 g/mol. The number of hydrogen-bond donors (Lipinski definition) is 6. The minimum atomic E-state index is -2.61. The van der Waals surface area contributed by atoms with Gasteiger partial charge < -0.3 is 36.3 Å². The van der Waals surface area contributed by atoms with E-state index in [4.69, 9.17) is 10.6 Å². The molecule has 41 heavy (non-hydrogen) atoms. The lowest BCUT2D eigenvalue weighted by molar-refractivity contribution is -0.147. The van der Waals surface area contributed by atoms with Crippen molar-refractivity contribution in [1.29, 1.82) is 0 Å². The second kappa shape index (κ2) is 10.1. The molecule has 3 atom stereocenters. The molecule has 0 saturated heterocycles. The highest BCUT2D eigenvalue weighted by atomic mass is 16.7. The topological polar surface area (TPSA) is 200 Å². The van der Waals surface area contributed by atoms with Crippen LogP contribution in [0, 0.1) is 11.8 Å². The third-order valence-electron chi connectivity index (χ3n) is 7.91. The van der Waals surface area contributed by atoms with Gasteiger partial charge in [-0.15, -0.1) is 5.06 Å². The van der Waals surface area contributed by atoms with Gasteiger partial charge in [0.05, 0.1) is 5.56 Å². The number of nitrogens with zero attached hydrogens (tertiary/aromatic N) is 1. The first-order chi connectivity index (χ1) is 19.3. The van der Waals surface area contributed by atoms with Gasteiger partial charge in [0.25, 0.3) is 5.91 Å². The van der Waals surface area contributed by atoms with Crippen LogP contribution in [-0.4, -0.2) is 68.8 Å². The van der Waals surface area contributed by atoms with Gasteiger partial charge in [-0.25, -0.2) is 4.79 Å². The molecule has 5 rings (SSSR count). The van der Waals surface area contributed by atoms with Gasteiger partial charge >= 0.3 is 6.09 Å². The van der Waals surface area contributed by atoms with Crippen molar-refractivity contribution in [3.05, 3.63) is 70.0 Å². The van der Waals surface area contributed by atoms with E-state index in [9.17, 15) is 39.6 Å². The molecule has 1 saturated carbocycles. The molecule has 3 unspecified atom stereocenters. The third-order valence-corrected chi connectivity index (χ3v) is 7.91. The normalized spacial score (nSPS) is 23.6. The second-order valence-corrected chi connectivity index (χ2v) is 10.6. The lowest BCUT2D eigenvalue weighted by Crippen LogP contribution is -2.58. The number of phenolic OH excluding ortho intramolecular Hbond substituents is 1. The summed E-state index contributed by atoms with van der Waals surface area (Å²) in [6, 6.07) is 10.3. The Morgan fingerprint density at radius 3 is 2.39 bits per heavy atom. The number of Topliss-reactive ketones (excluding diaryl/α,β-unsaturated/α-hetero) is 2. The van der Waals surface area contributed by atoms with Gasteiger partial charge in [0.1, 0.15) is 22.8 Å². The number of aliphatic hydroxyl groups is 3. The van der Waals surface area contributed by atoms with Crippen LogP contribution in [0.15, 0.2) is 53.3 Å². The number of phenols is 1. The lowest BCUT2D eigenvalue weighted by atomic mass is 9.59. The number of amides is 2. The first-order valence-corrected chi connectivity index (χ1v) is 12.9. The summed E-state index contributed by atoms with van der Waals surface area (Å²) < 4.78 is 0. The van der Waals surface area contributed by atoms with Gasteiger partial charge in [-0.2, -0.15) is 0 Å². The number of aliphatic hydroxyl groups excluding tert-OH is 2. The molecule has 2 amide bonds. The van der Waals surface area contributed by atoms with Crippen molar-refractivity contribution < 1.29 is 44.4 Å². The quantitative estimate of drug-likeness (QED) is 0.230. The van der Waals surface area contributed by atoms with Crippen molar-refractivity contribution >= 4 is 29.3 Å². The fraction of sp³-hybridized carbons (Fsp3) is 0.310. The highest BCUT2D eigenvalue weighted by Gasteiger charge is 2.60. The summed E-state index contributed by atoms with van der Waals surface area (Å²) in [6.45, 7) is 0.222. The number of benzene rings is 2. The molecule has 0 radical (unpaired) electrons. The second-order valence-electron chi connectivity index (χ2n) is 10.6. The maximum atomic E-state index is 13.6. The van der Waals surface area contributed by atoms with E-state index < -0.39 is 58.1 Å². The molecule has 0 heterocycles. The van der Waals surface area contributed by atoms with E-state index in [1.807, 2.05) is 12.1 Å². The van der Waals surface area contributed by atoms with Gasteiger partial charge in [-0.05, 0) is 47.1 Å². The summed E-state index contributed by atoms with van der Waals surface area (Å²) in [5.74, 6) is -6.69. The monoisotopic (exact) mass is 563 g/mol. The molecule has 7 N–H and O–H groups in total. The van der Waals surface area contributed by atoms with Gasteiger partial charge in [-0.1, -0.05) is 30.3 Å². The Labute approximate surface area is 234 Å². The fourth-order valence-electron chi connectivity index (χ4n) is 6.07. The maximum absolute atomic E-state index is 13.6. The number of hydrogen-bond acceptors (Lipinski definition) is 10. The molecule has 12 nitrogen and oxygen atoms in total. The molecule has 3 aliphatic rings. The summed E-state index contributed by atoms with van der Waals surface area (Å²) in [5, 5.41) is 48.0. The van der Waals surface area contributed by atoms with Crippen molar-refractivity contribution in [1.82, 2.24) is 10.4 Å². The van der Waals surface area contributed by atoms with E-state index in [0.29, 0.717) is 11.1 Å². The summed E-state index contributed by atoms with van der Waals surface area (Å²) in [4.78, 5) is 54.6. The van der Waals surface area contributed by atoms with E-state index in [-0.39, 0.29) is 42.7 Å². The van der Waals surface area contributed by atoms with Crippen molar-refractivity contribution in [2.24, 2.45) is 17.6 Å². The smallest absolute Gasteiger partial charge is 0.426 e. The zero-order valence-electron chi connectivity index (χ0n) is 22.3. The van der Waals surface area contributed by atoms with Crippen molar-refractivity contribution in [3.8, 4) is 16.9 Å². The van der Waals surface area contributed by atoms with Crippen molar-refractivity contribution in [3.63, 3.8) is 0 Å². The van der Waals surface area contributed by atoms with Crippen LogP contribution in [0.4, 0.5) is 4.79 Å². The predicted molar refractivity (Wildman–Crippen MR) is 144 cm³/mol. The third kappa shape index (κ3) is 4.50. The first-order valence-electron chi connectivity index (χ1n) is 12.9. The van der Waals surface area contributed by atoms with Crippen LogP contribution in [0.25, 0.3) is 16.9 Å². The van der Waals surface area contributed by atoms with Crippen molar-refractivity contribution in [2.45, 2.75) is 31.4 Å². The minimum Gasteiger partial charge on any atom is -0.508 e. The Morgan fingerprint density at radius 1 is 1.07 bits per heavy atom. The van der Waals surface area contributed by atoms with Crippen molar-refractivity contribution in [2.75, 3.05) is 14.1 Å². The molecule has 0 aliphatic heterocycles. The Morgan fingerprint density at radius 2 is 1.76 bits per heavy atom. The Hall–Kier alpha value is -4.68. The number of carbonyl (C=O) groups excluding carboxylic acids is 4. The Kier molecular flexibility index (Phi) is 6.84. The van der Waals surface area contributed by atoms with Crippen LogP contribution < -0.4 is 11.1 Å². The first kappa shape index (κ1) is 27.9. The summed E-state index contributed by atoms with van der Waals surface area (Å²) in [5.41, 5.74) is 4.40.